The number of ether oxygens (including phenoxy) is 4. The van der Waals surface area contributed by atoms with Gasteiger partial charge in [0.05, 0.1) is 25.0 Å². The van der Waals surface area contributed by atoms with Crippen molar-refractivity contribution >= 4 is 11.9 Å². The summed E-state index contributed by atoms with van der Waals surface area (Å²) in [5, 5.41) is 0. The van der Waals surface area contributed by atoms with E-state index in [1.54, 1.807) is 13.0 Å². The predicted octanol–water partition coefficient (Wildman–Crippen LogP) is 1.85. The minimum atomic E-state index is -0.633. The maximum atomic E-state index is 12.7. The van der Waals surface area contributed by atoms with Crippen LogP contribution in [0.4, 0.5) is 0 Å². The molecule has 0 radical (unpaired) electrons. The number of fused-ring (bicyclic) bond motifs is 3. The van der Waals surface area contributed by atoms with E-state index in [1.165, 1.54) is 0 Å². The Labute approximate surface area is 141 Å². The Bertz CT molecular complexity index is 568. The summed E-state index contributed by atoms with van der Waals surface area (Å²) < 4.78 is 22.1. The molecular weight excluding hydrogens is 312 g/mol. The van der Waals surface area contributed by atoms with Crippen molar-refractivity contribution < 1.29 is 28.5 Å². The van der Waals surface area contributed by atoms with Crippen molar-refractivity contribution in [3.63, 3.8) is 0 Å². The summed E-state index contributed by atoms with van der Waals surface area (Å²) in [6.07, 6.45) is 2.56. The molecule has 0 aromatic carbocycles. The zero-order valence-corrected chi connectivity index (χ0v) is 14.3. The molecule has 2 aliphatic heterocycles. The van der Waals surface area contributed by atoms with Crippen LogP contribution < -0.4 is 0 Å². The number of carbonyl (C=O) groups excluding carboxylic acids is 2. The summed E-state index contributed by atoms with van der Waals surface area (Å²) in [6.45, 7) is 9.92. The second-order valence-corrected chi connectivity index (χ2v) is 6.53. The fourth-order valence-corrected chi connectivity index (χ4v) is 4.10. The van der Waals surface area contributed by atoms with Crippen LogP contribution in [-0.4, -0.2) is 43.7 Å². The Balaban J connectivity index is 2.00. The van der Waals surface area contributed by atoms with Gasteiger partial charge in [0, 0.05) is 11.8 Å². The van der Waals surface area contributed by atoms with Gasteiger partial charge < -0.3 is 18.9 Å². The van der Waals surface area contributed by atoms with Gasteiger partial charge in [-0.3, -0.25) is 9.59 Å². The average Bonchev–Trinajstić information content (AvgIpc) is 2.55. The Kier molecular flexibility index (Phi) is 4.78. The molecule has 1 aliphatic carbocycles. The van der Waals surface area contributed by atoms with Crippen LogP contribution in [0.25, 0.3) is 0 Å². The Hall–Kier alpha value is -1.66. The molecule has 0 unspecified atom stereocenters. The number of allylic oxidation sites excluding steroid dienone is 2. The van der Waals surface area contributed by atoms with Gasteiger partial charge in [0.1, 0.15) is 6.10 Å². The van der Waals surface area contributed by atoms with Crippen molar-refractivity contribution in [3.8, 4) is 0 Å². The van der Waals surface area contributed by atoms with Crippen molar-refractivity contribution in [2.75, 3.05) is 13.2 Å². The van der Waals surface area contributed by atoms with Crippen LogP contribution in [0.5, 0.6) is 0 Å². The van der Waals surface area contributed by atoms with Crippen molar-refractivity contribution in [3.05, 3.63) is 24.3 Å². The molecule has 0 N–H and O–H groups in total. The summed E-state index contributed by atoms with van der Waals surface area (Å²) in [4.78, 5) is 25.2. The predicted molar refractivity (Wildman–Crippen MR) is 84.7 cm³/mol. The molecule has 2 heterocycles. The number of carbonyl (C=O) groups is 2. The average molecular weight is 336 g/mol. The summed E-state index contributed by atoms with van der Waals surface area (Å²) in [5.41, 5.74) is 1.02. The summed E-state index contributed by atoms with van der Waals surface area (Å²) in [7, 11) is 0. The second-order valence-electron chi connectivity index (χ2n) is 6.53. The highest BCUT2D eigenvalue weighted by molar-refractivity contribution is 5.84. The molecular formula is C18H24O6. The van der Waals surface area contributed by atoms with Crippen LogP contribution in [0.15, 0.2) is 24.3 Å². The SMILES string of the molecule is C=C[C@H]1C=C(C)[C@@H]2[C@@H]3O[C@H](C)OC[C@H]3OC(=O)[C@H]2[C@@H]1C(=O)OCC. The summed E-state index contributed by atoms with van der Waals surface area (Å²) in [5.74, 6) is -2.51. The van der Waals surface area contributed by atoms with Crippen LogP contribution in [0.3, 0.4) is 0 Å². The Morgan fingerprint density at radius 1 is 1.46 bits per heavy atom. The third-order valence-electron chi connectivity index (χ3n) is 5.10. The van der Waals surface area contributed by atoms with Crippen molar-refractivity contribution in [1.82, 2.24) is 0 Å². The van der Waals surface area contributed by atoms with E-state index in [-0.39, 0.29) is 36.8 Å². The minimum absolute atomic E-state index is 0.215. The lowest BCUT2D eigenvalue weighted by Crippen LogP contribution is -2.60. The highest BCUT2D eigenvalue weighted by atomic mass is 16.7. The molecule has 2 saturated heterocycles. The first-order valence-corrected chi connectivity index (χ1v) is 8.43. The van der Waals surface area contributed by atoms with E-state index in [9.17, 15) is 9.59 Å². The lowest BCUT2D eigenvalue weighted by atomic mass is 9.63. The monoisotopic (exact) mass is 336 g/mol. The van der Waals surface area contributed by atoms with Gasteiger partial charge in [0.25, 0.3) is 0 Å². The zero-order valence-electron chi connectivity index (χ0n) is 14.3. The van der Waals surface area contributed by atoms with Crippen LogP contribution in [0, 0.1) is 23.7 Å². The van der Waals surface area contributed by atoms with E-state index < -0.39 is 23.9 Å². The topological polar surface area (TPSA) is 71.1 Å². The number of hydrogen-bond donors (Lipinski definition) is 0. The third-order valence-corrected chi connectivity index (χ3v) is 5.10. The van der Waals surface area contributed by atoms with Crippen LogP contribution >= 0.6 is 0 Å². The molecule has 0 saturated carbocycles. The highest BCUT2D eigenvalue weighted by Gasteiger charge is 2.57. The molecule has 132 valence electrons. The van der Waals surface area contributed by atoms with E-state index in [0.717, 1.165) is 5.57 Å². The van der Waals surface area contributed by atoms with Gasteiger partial charge in [-0.25, -0.2) is 0 Å². The first-order valence-electron chi connectivity index (χ1n) is 8.43. The second kappa shape index (κ2) is 6.69. The molecule has 7 atom stereocenters. The van der Waals surface area contributed by atoms with Crippen LogP contribution in [-0.2, 0) is 28.5 Å². The maximum Gasteiger partial charge on any atom is 0.311 e. The quantitative estimate of drug-likeness (QED) is 0.579. The molecule has 0 amide bonds. The smallest absolute Gasteiger partial charge is 0.311 e. The van der Waals surface area contributed by atoms with Crippen LogP contribution in [0.2, 0.25) is 0 Å². The molecule has 0 spiro atoms. The number of hydrogen-bond acceptors (Lipinski definition) is 6. The van der Waals surface area contributed by atoms with Gasteiger partial charge in [-0.1, -0.05) is 17.7 Å². The molecule has 24 heavy (non-hydrogen) atoms. The molecule has 6 heteroatoms. The fraction of sp³-hybridized carbons (Fsp3) is 0.667. The van der Waals surface area contributed by atoms with Gasteiger partial charge in [0.15, 0.2) is 12.4 Å². The standard InChI is InChI=1S/C18H24O6/c1-5-11-7-9(3)13-15(14(11)17(19)21-6-2)18(20)24-12-8-22-10(4)23-16(12)13/h5,7,10-16H,1,6,8H2,2-4H3/t10-,11+,12-,13+,14-,15-,16-/m1/s1. The minimum Gasteiger partial charge on any atom is -0.466 e. The molecule has 0 bridgehead atoms. The molecule has 0 aromatic rings. The van der Waals surface area contributed by atoms with Crippen molar-refractivity contribution in [2.45, 2.75) is 39.3 Å². The highest BCUT2D eigenvalue weighted by Crippen LogP contribution is 2.47. The maximum absolute atomic E-state index is 12.7. The molecule has 2 fully saturated rings. The summed E-state index contributed by atoms with van der Waals surface area (Å²) in [6, 6.07) is 0. The molecule has 0 aromatic heterocycles. The molecule has 3 rings (SSSR count). The van der Waals surface area contributed by atoms with Gasteiger partial charge in [-0.15, -0.1) is 6.58 Å². The van der Waals surface area contributed by atoms with E-state index in [1.807, 2.05) is 19.9 Å². The lowest BCUT2D eigenvalue weighted by molar-refractivity contribution is -0.279. The molecule has 3 aliphatic rings. The van der Waals surface area contributed by atoms with E-state index >= 15 is 0 Å². The third kappa shape index (κ3) is 2.78. The van der Waals surface area contributed by atoms with Gasteiger partial charge >= 0.3 is 11.9 Å². The van der Waals surface area contributed by atoms with E-state index in [2.05, 4.69) is 6.58 Å². The van der Waals surface area contributed by atoms with Gasteiger partial charge in [0.2, 0.25) is 0 Å². The first-order chi connectivity index (χ1) is 11.5. The van der Waals surface area contributed by atoms with Crippen molar-refractivity contribution in [1.29, 1.82) is 0 Å². The summed E-state index contributed by atoms with van der Waals surface area (Å²) >= 11 is 0. The van der Waals surface area contributed by atoms with E-state index in [0.29, 0.717) is 6.61 Å². The number of rotatable bonds is 3. The largest absolute Gasteiger partial charge is 0.466 e. The fourth-order valence-electron chi connectivity index (χ4n) is 4.10. The van der Waals surface area contributed by atoms with Crippen LogP contribution in [0.1, 0.15) is 20.8 Å². The number of esters is 2. The normalized spacial score (nSPS) is 41.4. The van der Waals surface area contributed by atoms with Crippen molar-refractivity contribution in [2.24, 2.45) is 23.7 Å². The Morgan fingerprint density at radius 2 is 2.21 bits per heavy atom. The first kappa shape index (κ1) is 17.2. The van der Waals surface area contributed by atoms with Gasteiger partial charge in [-0.2, -0.15) is 0 Å². The lowest BCUT2D eigenvalue weighted by Gasteiger charge is -2.49. The molecule has 6 nitrogen and oxygen atoms in total. The van der Waals surface area contributed by atoms with E-state index in [4.69, 9.17) is 18.9 Å². The van der Waals surface area contributed by atoms with Gasteiger partial charge in [-0.05, 0) is 20.8 Å². The Morgan fingerprint density at radius 3 is 2.88 bits per heavy atom. The zero-order chi connectivity index (χ0) is 17.4.